The van der Waals surface area contributed by atoms with Crippen molar-refractivity contribution in [2.45, 2.75) is 13.0 Å². The Morgan fingerprint density at radius 2 is 2.17 bits per heavy atom. The molecule has 3 aromatic rings. The van der Waals surface area contributed by atoms with Gasteiger partial charge in [-0.2, -0.15) is 5.26 Å². The zero-order valence-electron chi connectivity index (χ0n) is 15.6. The van der Waals surface area contributed by atoms with Crippen LogP contribution in [0.3, 0.4) is 0 Å². The molecule has 0 saturated heterocycles. The molecule has 0 aliphatic carbocycles. The largest absolute Gasteiger partial charge is 0.460 e. The summed E-state index contributed by atoms with van der Waals surface area (Å²) in [7, 11) is 1.61. The van der Waals surface area contributed by atoms with E-state index in [0.29, 0.717) is 28.0 Å². The van der Waals surface area contributed by atoms with Gasteiger partial charge in [-0.3, -0.25) is 4.79 Å². The number of pyridine rings is 2. The highest BCUT2D eigenvalue weighted by atomic mass is 35.5. The van der Waals surface area contributed by atoms with E-state index in [1.54, 1.807) is 31.3 Å². The maximum absolute atomic E-state index is 12.7. The lowest BCUT2D eigenvalue weighted by molar-refractivity contribution is 0.0503. The summed E-state index contributed by atoms with van der Waals surface area (Å²) in [5, 5.41) is 16.5. The summed E-state index contributed by atoms with van der Waals surface area (Å²) >= 11 is 6.00. The van der Waals surface area contributed by atoms with Crippen LogP contribution < -0.4 is 16.2 Å². The number of carbonyl (C=O) groups excluding carboxylic acids is 1. The van der Waals surface area contributed by atoms with Gasteiger partial charge in [-0.05, 0) is 31.2 Å². The Morgan fingerprint density at radius 1 is 1.38 bits per heavy atom. The van der Waals surface area contributed by atoms with E-state index in [-0.39, 0.29) is 28.9 Å². The van der Waals surface area contributed by atoms with Crippen LogP contribution in [-0.2, 0) is 11.8 Å². The summed E-state index contributed by atoms with van der Waals surface area (Å²) in [6.07, 6.45) is 1.50. The van der Waals surface area contributed by atoms with Crippen LogP contribution in [0, 0.1) is 11.3 Å². The van der Waals surface area contributed by atoms with Crippen LogP contribution in [0.4, 0.5) is 17.1 Å². The van der Waals surface area contributed by atoms with Gasteiger partial charge in [0.2, 0.25) is 0 Å². The highest BCUT2D eigenvalue weighted by Crippen LogP contribution is 2.32. The second kappa shape index (κ2) is 7.11. The first kappa shape index (κ1) is 18.8. The average molecular weight is 410 g/mol. The highest BCUT2D eigenvalue weighted by Gasteiger charge is 2.27. The third kappa shape index (κ3) is 3.15. The number of fused-ring (bicyclic) bond motifs is 3. The maximum Gasteiger partial charge on any atom is 0.346 e. The van der Waals surface area contributed by atoms with E-state index in [4.69, 9.17) is 16.3 Å². The minimum atomic E-state index is -0.648. The number of rotatable bonds is 2. The number of benzene rings is 1. The summed E-state index contributed by atoms with van der Waals surface area (Å²) in [6, 6.07) is 8.88. The van der Waals surface area contributed by atoms with Crippen LogP contribution >= 0.6 is 11.6 Å². The van der Waals surface area contributed by atoms with Gasteiger partial charge in [0, 0.05) is 24.3 Å². The molecule has 0 saturated carbocycles. The molecule has 0 radical (unpaired) electrons. The number of nitriles is 1. The van der Waals surface area contributed by atoms with Crippen molar-refractivity contribution in [2.75, 3.05) is 17.2 Å². The molecule has 29 heavy (non-hydrogen) atoms. The molecule has 0 fully saturated rings. The van der Waals surface area contributed by atoms with Gasteiger partial charge in [-0.1, -0.05) is 11.6 Å². The fourth-order valence-electron chi connectivity index (χ4n) is 3.33. The van der Waals surface area contributed by atoms with E-state index in [1.165, 1.54) is 10.8 Å². The minimum Gasteiger partial charge on any atom is -0.460 e. The van der Waals surface area contributed by atoms with E-state index in [2.05, 4.69) is 15.6 Å². The first-order valence-electron chi connectivity index (χ1n) is 8.82. The van der Waals surface area contributed by atoms with Crippen LogP contribution in [0.25, 0.3) is 10.9 Å². The van der Waals surface area contributed by atoms with E-state index in [9.17, 15) is 14.9 Å². The van der Waals surface area contributed by atoms with Crippen LogP contribution in [0.5, 0.6) is 0 Å². The molecule has 2 N–H and O–H groups in total. The fourth-order valence-corrected chi connectivity index (χ4v) is 3.53. The molecule has 146 valence electrons. The molecule has 1 unspecified atom stereocenters. The number of halogens is 1. The summed E-state index contributed by atoms with van der Waals surface area (Å²) in [5.74, 6) is -0.648. The van der Waals surface area contributed by atoms with Crippen molar-refractivity contribution in [3.05, 3.63) is 57.1 Å². The number of nitrogens with one attached hydrogen (secondary N) is 2. The Morgan fingerprint density at radius 3 is 2.93 bits per heavy atom. The maximum atomic E-state index is 12.7. The van der Waals surface area contributed by atoms with Gasteiger partial charge in [-0.25, -0.2) is 9.78 Å². The Bertz CT molecular complexity index is 1260. The molecular weight excluding hydrogens is 394 g/mol. The lowest BCUT2D eigenvalue weighted by atomic mass is 10.1. The van der Waals surface area contributed by atoms with Gasteiger partial charge >= 0.3 is 5.97 Å². The number of aryl methyl sites for hydroxylation is 1. The predicted octanol–water partition coefficient (Wildman–Crippen LogP) is 3.17. The Labute approximate surface area is 170 Å². The first-order chi connectivity index (χ1) is 13.9. The fraction of sp³-hybridized carbons (Fsp3) is 0.200. The third-order valence-corrected chi connectivity index (χ3v) is 5.04. The second-order valence-corrected chi connectivity index (χ2v) is 7.11. The summed E-state index contributed by atoms with van der Waals surface area (Å²) in [5.41, 5.74) is 2.03. The zero-order valence-corrected chi connectivity index (χ0v) is 16.4. The van der Waals surface area contributed by atoms with Crippen LogP contribution in [-0.4, -0.2) is 28.2 Å². The number of nitrogens with zero attached hydrogens (tertiary/aromatic N) is 3. The normalized spacial score (nSPS) is 15.7. The van der Waals surface area contributed by atoms with Crippen molar-refractivity contribution >= 4 is 45.5 Å². The Kier molecular flexibility index (Phi) is 4.60. The number of hydrogen-bond donors (Lipinski definition) is 2. The van der Waals surface area contributed by atoms with Gasteiger partial charge in [-0.15, -0.1) is 0 Å². The number of aromatic nitrogens is 2. The molecule has 9 heteroatoms. The minimum absolute atomic E-state index is 0.0221. The Hall–Kier alpha value is -3.57. The van der Waals surface area contributed by atoms with Crippen molar-refractivity contribution in [1.29, 1.82) is 5.26 Å². The lowest BCUT2D eigenvalue weighted by Crippen LogP contribution is -2.26. The standard InChI is InChI=1S/C20H16ClN5O3/c1-10-9-29-20(28)16-17(24-10)12-7-11(3-4-15(12)26(2)19(16)27)25-14-5-6-23-18(21)13(14)8-22/h3-7,10,24H,9H2,1-2H3,(H,23,25). The van der Waals surface area contributed by atoms with E-state index in [0.717, 1.165) is 0 Å². The van der Waals surface area contributed by atoms with Crippen molar-refractivity contribution in [1.82, 2.24) is 9.55 Å². The van der Waals surface area contributed by atoms with Crippen molar-refractivity contribution in [2.24, 2.45) is 7.05 Å². The Balaban J connectivity index is 1.92. The molecule has 1 aliphatic heterocycles. The molecule has 1 aliphatic rings. The number of esters is 1. The molecule has 0 spiro atoms. The molecule has 1 aromatic carbocycles. The first-order valence-corrected chi connectivity index (χ1v) is 9.20. The molecule has 0 bridgehead atoms. The number of ether oxygens (including phenoxy) is 1. The van der Waals surface area contributed by atoms with Crippen molar-refractivity contribution < 1.29 is 9.53 Å². The van der Waals surface area contributed by atoms with E-state index >= 15 is 0 Å². The number of cyclic esters (lactones) is 1. The molecule has 0 amide bonds. The van der Waals surface area contributed by atoms with E-state index in [1.807, 2.05) is 13.0 Å². The zero-order chi connectivity index (χ0) is 20.7. The van der Waals surface area contributed by atoms with Gasteiger partial charge in [0.1, 0.15) is 29.0 Å². The summed E-state index contributed by atoms with van der Waals surface area (Å²) in [4.78, 5) is 29.1. The number of anilines is 3. The van der Waals surface area contributed by atoms with Gasteiger partial charge in [0.15, 0.2) is 0 Å². The molecule has 2 aromatic heterocycles. The third-order valence-electron chi connectivity index (χ3n) is 4.75. The molecular formula is C20H16ClN5O3. The van der Waals surface area contributed by atoms with Crippen molar-refractivity contribution in [3.63, 3.8) is 0 Å². The highest BCUT2D eigenvalue weighted by molar-refractivity contribution is 6.31. The molecule has 8 nitrogen and oxygen atoms in total. The van der Waals surface area contributed by atoms with Gasteiger partial charge in [0.05, 0.1) is 22.9 Å². The van der Waals surface area contributed by atoms with E-state index < -0.39 is 11.5 Å². The number of carbonyl (C=O) groups is 1. The van der Waals surface area contributed by atoms with Crippen LogP contribution in [0.2, 0.25) is 5.15 Å². The summed E-state index contributed by atoms with van der Waals surface area (Å²) < 4.78 is 6.63. The smallest absolute Gasteiger partial charge is 0.346 e. The molecule has 1 atom stereocenters. The van der Waals surface area contributed by atoms with Gasteiger partial charge < -0.3 is 19.9 Å². The lowest BCUT2D eigenvalue weighted by Gasteiger charge is -2.17. The quantitative estimate of drug-likeness (QED) is 0.494. The van der Waals surface area contributed by atoms with Gasteiger partial charge in [0.25, 0.3) is 5.56 Å². The monoisotopic (exact) mass is 409 g/mol. The second-order valence-electron chi connectivity index (χ2n) is 6.75. The molecule has 4 rings (SSSR count). The molecule has 3 heterocycles. The van der Waals surface area contributed by atoms with Crippen molar-refractivity contribution in [3.8, 4) is 6.07 Å². The average Bonchev–Trinajstić information content (AvgIpc) is 2.85. The SMILES string of the molecule is CC1COC(=O)c2c(c3cc(Nc4ccnc(Cl)c4C#N)ccc3n(C)c2=O)N1. The van der Waals surface area contributed by atoms with Crippen LogP contribution in [0.15, 0.2) is 35.3 Å². The summed E-state index contributed by atoms with van der Waals surface area (Å²) in [6.45, 7) is 2.03. The predicted molar refractivity (Wildman–Crippen MR) is 110 cm³/mol. The van der Waals surface area contributed by atoms with Crippen LogP contribution in [0.1, 0.15) is 22.8 Å². The number of hydrogen-bond acceptors (Lipinski definition) is 7. The topological polar surface area (TPSA) is 109 Å².